The first-order chi connectivity index (χ1) is 33.9. The zero-order valence-electron chi connectivity index (χ0n) is 37.3. The standard InChI is InChI=1S/C44H32O2P2.C15H7F3O4.Eu/c45-47(35-19-5-1-6-20-35,36-21-7-2-8-22-36)41-31-29-33-17-13-15-27-39(33)43(41)44-40-28-16-14-18-34(40)30-32-42(44)48(46,37-23-9-3-10-24-37)38-25-11-4-12-26-38;16-15(17,18)13(20)11-12(19)10-8-4-2-1-3-7(8)5-6-9(10)22-14(11)21;/h1-32H;1-6,19H;. The normalized spacial score (nSPS) is 11.8. The Bertz CT molecular complexity index is 3680. The molecular formula is C59H39EuF3O6P2. The fourth-order valence-electron chi connectivity index (χ4n) is 9.27. The molecule has 12 heteroatoms. The number of fused-ring (bicyclic) bond motifs is 5. The van der Waals surface area contributed by atoms with Gasteiger partial charge < -0.3 is 18.7 Å². The molecule has 0 saturated carbocycles. The Labute approximate surface area is 446 Å². The second-order valence-electron chi connectivity index (χ2n) is 16.5. The van der Waals surface area contributed by atoms with Crippen LogP contribution in [0.2, 0.25) is 0 Å². The molecule has 0 bridgehead atoms. The van der Waals surface area contributed by atoms with Gasteiger partial charge in [0.1, 0.15) is 11.3 Å². The van der Waals surface area contributed by atoms with Crippen molar-refractivity contribution in [3.63, 3.8) is 0 Å². The van der Waals surface area contributed by atoms with E-state index >= 15 is 9.13 Å². The number of halogens is 3. The van der Waals surface area contributed by atoms with Crippen molar-refractivity contribution >= 4 is 95.2 Å². The number of alkyl halides is 3. The fourth-order valence-corrected chi connectivity index (χ4v) is 15.0. The summed E-state index contributed by atoms with van der Waals surface area (Å²) in [5.74, 6) is -3.46. The second-order valence-corrected chi connectivity index (χ2v) is 22.0. The summed E-state index contributed by atoms with van der Waals surface area (Å²) >= 11 is 0. The van der Waals surface area contributed by atoms with Gasteiger partial charge in [0, 0.05) is 92.3 Å². The number of ketones is 1. The van der Waals surface area contributed by atoms with Gasteiger partial charge in [-0.2, -0.15) is 13.2 Å². The average molecular weight is 1110 g/mol. The van der Waals surface area contributed by atoms with Crippen LogP contribution in [0.25, 0.3) is 54.4 Å². The molecule has 10 aromatic carbocycles. The maximum atomic E-state index is 16.2. The molecule has 6 nitrogen and oxygen atoms in total. The Hall–Kier alpha value is -6.51. The molecule has 0 saturated heterocycles. The van der Waals surface area contributed by atoms with E-state index in [0.717, 1.165) is 64.5 Å². The first kappa shape index (κ1) is 49.5. The molecule has 1 radical (unpaired) electrons. The summed E-state index contributed by atoms with van der Waals surface area (Å²) in [6, 6.07) is 73.4. The molecule has 0 spiro atoms. The smallest absolute Gasteiger partial charge is 0.455 e. The number of Topliss-reactive ketones (excluding diaryl/α,β-unsaturated/α-hetero) is 1. The van der Waals surface area contributed by atoms with Crippen LogP contribution in [0, 0.1) is 49.4 Å². The van der Waals surface area contributed by atoms with Crippen LogP contribution < -0.4 is 37.5 Å². The third kappa shape index (κ3) is 8.98. The van der Waals surface area contributed by atoms with E-state index in [2.05, 4.69) is 36.4 Å². The topological polar surface area (TPSA) is 102 Å². The molecule has 349 valence electrons. The number of hydrogen-bond donors (Lipinski definition) is 1. The molecule has 0 atom stereocenters. The zero-order valence-corrected chi connectivity index (χ0v) is 41.5. The third-order valence-electron chi connectivity index (χ3n) is 12.5. The number of hydrogen-bond acceptors (Lipinski definition) is 6. The molecule has 0 fully saturated rings. The van der Waals surface area contributed by atoms with Gasteiger partial charge in [0.2, 0.25) is 0 Å². The van der Waals surface area contributed by atoms with Crippen molar-refractivity contribution in [3.05, 3.63) is 247 Å². The number of carbonyl (C=O) groups excluding carboxylic acids is 1. The van der Waals surface area contributed by atoms with Gasteiger partial charge in [-0.3, -0.25) is 4.79 Å². The SMILES string of the molecule is O=C(c1c(O)c2c(ccc3ccccc32)oc1=O)C(F)(F)F.O=P(c1ccccc1)(c1ccccc1)c1ccc2ccccc2c1-c1c(P(=O)(c2ccccc2)c2ccccc2)ccc2ccccc12.[Eu]. The second kappa shape index (κ2) is 20.3. The largest absolute Gasteiger partial charge is 0.506 e. The van der Waals surface area contributed by atoms with Crippen molar-refractivity contribution in [3.8, 4) is 16.9 Å². The maximum Gasteiger partial charge on any atom is 0.455 e. The van der Waals surface area contributed by atoms with E-state index in [4.69, 9.17) is 4.42 Å². The van der Waals surface area contributed by atoms with E-state index in [9.17, 15) is 27.9 Å². The van der Waals surface area contributed by atoms with E-state index in [-0.39, 0.29) is 60.3 Å². The quantitative estimate of drug-likeness (QED) is 0.0704. The number of benzene rings is 10. The van der Waals surface area contributed by atoms with Gasteiger partial charge >= 0.3 is 11.8 Å². The van der Waals surface area contributed by atoms with E-state index in [1.165, 1.54) is 6.07 Å². The molecule has 11 aromatic rings. The fraction of sp³-hybridized carbons (Fsp3) is 0.0169. The van der Waals surface area contributed by atoms with Crippen molar-refractivity contribution in [1.29, 1.82) is 0 Å². The predicted molar refractivity (Wildman–Crippen MR) is 278 cm³/mol. The summed E-state index contributed by atoms with van der Waals surface area (Å²) in [7, 11) is -6.94. The molecule has 0 unspecified atom stereocenters. The van der Waals surface area contributed by atoms with Crippen LogP contribution in [0.5, 0.6) is 5.75 Å². The van der Waals surface area contributed by atoms with Crippen molar-refractivity contribution in [2.24, 2.45) is 0 Å². The van der Waals surface area contributed by atoms with Gasteiger partial charge in [-0.25, -0.2) is 4.79 Å². The van der Waals surface area contributed by atoms with Crippen LogP contribution in [0.3, 0.4) is 0 Å². The first-order valence-corrected chi connectivity index (χ1v) is 25.6. The van der Waals surface area contributed by atoms with Crippen LogP contribution in [-0.4, -0.2) is 17.1 Å². The Kier molecular flexibility index (Phi) is 14.2. The Morgan fingerprint density at radius 1 is 0.437 bits per heavy atom. The molecular weight excluding hydrogens is 1080 g/mol. The van der Waals surface area contributed by atoms with Crippen LogP contribution in [0.4, 0.5) is 13.2 Å². The van der Waals surface area contributed by atoms with E-state index in [0.29, 0.717) is 10.8 Å². The molecule has 71 heavy (non-hydrogen) atoms. The number of rotatable bonds is 8. The minimum atomic E-state index is -5.29. The van der Waals surface area contributed by atoms with E-state index in [1.54, 1.807) is 30.3 Å². The van der Waals surface area contributed by atoms with Crippen molar-refractivity contribution < 1.29 is 86.0 Å². The van der Waals surface area contributed by atoms with Crippen LogP contribution in [-0.2, 0) is 9.13 Å². The van der Waals surface area contributed by atoms with Crippen LogP contribution in [0.1, 0.15) is 10.4 Å². The van der Waals surface area contributed by atoms with Gasteiger partial charge in [-0.15, -0.1) is 0 Å². The van der Waals surface area contributed by atoms with E-state index in [1.807, 2.05) is 158 Å². The Morgan fingerprint density at radius 3 is 1.14 bits per heavy atom. The first-order valence-electron chi connectivity index (χ1n) is 22.2. The minimum absolute atomic E-state index is 0. The third-order valence-corrected chi connectivity index (χ3v) is 18.7. The van der Waals surface area contributed by atoms with Gasteiger partial charge in [-0.1, -0.05) is 212 Å². The molecule has 0 amide bonds. The van der Waals surface area contributed by atoms with Gasteiger partial charge in [0.05, 0.1) is 5.39 Å². The summed E-state index contributed by atoms with van der Waals surface area (Å²) in [5, 5.41) is 19.4. The minimum Gasteiger partial charge on any atom is -0.506 e. The average Bonchev–Trinajstić information content (AvgIpc) is 3.40. The van der Waals surface area contributed by atoms with Gasteiger partial charge in [0.25, 0.3) is 5.78 Å². The molecule has 1 aromatic heterocycles. The van der Waals surface area contributed by atoms with Crippen molar-refractivity contribution in [2.45, 2.75) is 6.18 Å². The zero-order chi connectivity index (χ0) is 48.6. The van der Waals surface area contributed by atoms with E-state index < -0.39 is 43.2 Å². The Morgan fingerprint density at radius 2 is 0.761 bits per heavy atom. The molecule has 0 aliphatic rings. The molecule has 1 heterocycles. The molecule has 0 aliphatic carbocycles. The molecule has 0 aliphatic heterocycles. The number of aromatic hydroxyl groups is 1. The summed E-state index contributed by atoms with van der Waals surface area (Å²) in [6.07, 6.45) is -5.29. The van der Waals surface area contributed by atoms with Gasteiger partial charge in [-0.05, 0) is 50.5 Å². The summed E-state index contributed by atoms with van der Waals surface area (Å²) in [6.45, 7) is 0. The van der Waals surface area contributed by atoms with Crippen LogP contribution in [0.15, 0.2) is 240 Å². The summed E-state index contributed by atoms with van der Waals surface area (Å²) in [4.78, 5) is 23.0. The van der Waals surface area contributed by atoms with Crippen molar-refractivity contribution in [1.82, 2.24) is 0 Å². The van der Waals surface area contributed by atoms with Crippen LogP contribution >= 0.6 is 14.3 Å². The summed E-state index contributed by atoms with van der Waals surface area (Å²) in [5.41, 5.74) is -1.33. The monoisotopic (exact) mass is 1120 g/mol. The maximum absolute atomic E-state index is 16.2. The Balaban J connectivity index is 0.000000228. The molecule has 1 N–H and O–H groups in total. The van der Waals surface area contributed by atoms with Gasteiger partial charge in [0.15, 0.2) is 19.8 Å². The summed E-state index contributed by atoms with van der Waals surface area (Å²) < 4.78 is 74.9. The number of carbonyl (C=O) groups is 1. The van der Waals surface area contributed by atoms with Crippen molar-refractivity contribution in [2.75, 3.05) is 0 Å². The molecule has 11 rings (SSSR count). The predicted octanol–water partition coefficient (Wildman–Crippen LogP) is 12.3.